The maximum absolute atomic E-state index is 12.6. The molecule has 9 heteroatoms. The number of benzene rings is 2. The van der Waals surface area contributed by atoms with Crippen LogP contribution in [0, 0.1) is 13.8 Å². The fourth-order valence-corrected chi connectivity index (χ4v) is 4.08. The molecule has 33 heavy (non-hydrogen) atoms. The number of thioether (sulfide) groups is 1. The van der Waals surface area contributed by atoms with Gasteiger partial charge in [0.2, 0.25) is 5.91 Å². The van der Waals surface area contributed by atoms with Crippen molar-refractivity contribution in [1.82, 2.24) is 24.7 Å². The highest BCUT2D eigenvalue weighted by molar-refractivity contribution is 7.99. The van der Waals surface area contributed by atoms with Crippen molar-refractivity contribution in [2.24, 2.45) is 0 Å². The predicted molar refractivity (Wildman–Crippen MR) is 129 cm³/mol. The quantitative estimate of drug-likeness (QED) is 0.374. The number of carbonyl (C=O) groups excluding carboxylic acids is 1. The molecule has 2 heterocycles. The van der Waals surface area contributed by atoms with Gasteiger partial charge < -0.3 is 14.6 Å². The average Bonchev–Trinajstić information content (AvgIpc) is 3.23. The number of rotatable bonds is 8. The zero-order valence-corrected chi connectivity index (χ0v) is 19.5. The van der Waals surface area contributed by atoms with Gasteiger partial charge in [0.05, 0.1) is 5.75 Å². The van der Waals surface area contributed by atoms with Gasteiger partial charge in [-0.3, -0.25) is 4.79 Å². The second-order valence-corrected chi connectivity index (χ2v) is 8.31. The number of aryl methyl sites for hydroxylation is 2. The molecule has 4 rings (SSSR count). The van der Waals surface area contributed by atoms with Gasteiger partial charge in [0, 0.05) is 30.2 Å². The summed E-state index contributed by atoms with van der Waals surface area (Å²) >= 11 is 1.37. The normalized spacial score (nSPS) is 10.8. The van der Waals surface area contributed by atoms with Crippen molar-refractivity contribution < 1.29 is 9.53 Å². The predicted octanol–water partition coefficient (Wildman–Crippen LogP) is 4.89. The molecule has 4 aromatic rings. The van der Waals surface area contributed by atoms with E-state index in [2.05, 4.69) is 31.5 Å². The molecule has 0 radical (unpaired) electrons. The van der Waals surface area contributed by atoms with Crippen molar-refractivity contribution in [3.05, 3.63) is 72.1 Å². The number of ether oxygens (including phenoxy) is 1. The third kappa shape index (κ3) is 5.56. The molecule has 2 aromatic heterocycles. The van der Waals surface area contributed by atoms with Crippen LogP contribution in [0.3, 0.4) is 0 Å². The lowest BCUT2D eigenvalue weighted by atomic mass is 10.1. The van der Waals surface area contributed by atoms with E-state index in [-0.39, 0.29) is 17.7 Å². The van der Waals surface area contributed by atoms with Crippen molar-refractivity contribution in [3.63, 3.8) is 0 Å². The number of carbonyl (C=O) groups is 1. The molecular weight excluding hydrogens is 436 g/mol. The fraction of sp³-hybridized carbons (Fsp3) is 0.208. The lowest BCUT2D eigenvalue weighted by molar-refractivity contribution is -0.113. The number of nitrogens with one attached hydrogen (secondary N) is 1. The number of aromatic nitrogens is 5. The monoisotopic (exact) mass is 460 g/mol. The van der Waals surface area contributed by atoms with E-state index < -0.39 is 0 Å². The smallest absolute Gasteiger partial charge is 0.321 e. The summed E-state index contributed by atoms with van der Waals surface area (Å²) in [5.41, 5.74) is 3.77. The standard InChI is InChI=1S/C24H24N6O2S/c1-4-30-22(18-8-5-7-16(2)13-18)28-29-24(30)33-15-21(31)27-20-10-9-19(14-17(20)3)32-23-25-11-6-12-26-23/h5-14H,4,15H2,1-3H3,(H,27,31). The van der Waals surface area contributed by atoms with Crippen LogP contribution in [0.4, 0.5) is 5.69 Å². The Kier molecular flexibility index (Phi) is 6.99. The molecule has 8 nitrogen and oxygen atoms in total. The Labute approximate surface area is 196 Å². The van der Waals surface area contributed by atoms with Crippen molar-refractivity contribution in [1.29, 1.82) is 0 Å². The van der Waals surface area contributed by atoms with Crippen LogP contribution < -0.4 is 10.1 Å². The van der Waals surface area contributed by atoms with Crippen molar-refractivity contribution in [2.45, 2.75) is 32.5 Å². The van der Waals surface area contributed by atoms with Crippen molar-refractivity contribution >= 4 is 23.4 Å². The van der Waals surface area contributed by atoms with Gasteiger partial charge in [0.25, 0.3) is 0 Å². The molecule has 0 aliphatic heterocycles. The molecule has 168 valence electrons. The molecule has 0 saturated heterocycles. The van der Waals surface area contributed by atoms with Crippen LogP contribution in [-0.4, -0.2) is 36.4 Å². The minimum atomic E-state index is -0.120. The number of anilines is 1. The Morgan fingerprint density at radius 3 is 2.61 bits per heavy atom. The second-order valence-electron chi connectivity index (χ2n) is 7.37. The van der Waals surface area contributed by atoms with E-state index in [0.29, 0.717) is 17.5 Å². The van der Waals surface area contributed by atoms with Gasteiger partial charge >= 0.3 is 6.01 Å². The highest BCUT2D eigenvalue weighted by Crippen LogP contribution is 2.26. The van der Waals surface area contributed by atoms with Crippen LogP contribution in [0.15, 0.2) is 66.1 Å². The third-order valence-corrected chi connectivity index (χ3v) is 5.83. The molecule has 0 aliphatic carbocycles. The molecule has 1 amide bonds. The van der Waals surface area contributed by atoms with Gasteiger partial charge in [0.1, 0.15) is 5.75 Å². The first kappa shape index (κ1) is 22.5. The van der Waals surface area contributed by atoms with E-state index >= 15 is 0 Å². The van der Waals surface area contributed by atoms with Gasteiger partial charge in [-0.1, -0.05) is 35.5 Å². The lowest BCUT2D eigenvalue weighted by Crippen LogP contribution is -2.15. The Hall–Kier alpha value is -3.72. The van der Waals surface area contributed by atoms with E-state index in [1.165, 1.54) is 11.8 Å². The van der Waals surface area contributed by atoms with Gasteiger partial charge in [-0.15, -0.1) is 10.2 Å². The molecule has 1 N–H and O–H groups in total. The Bertz CT molecular complexity index is 1260. The van der Waals surface area contributed by atoms with Gasteiger partial charge in [-0.25, -0.2) is 9.97 Å². The second kappa shape index (κ2) is 10.3. The number of amides is 1. The molecule has 0 atom stereocenters. The van der Waals surface area contributed by atoms with Gasteiger partial charge in [-0.2, -0.15) is 0 Å². The van der Waals surface area contributed by atoms with Crippen LogP contribution in [0.25, 0.3) is 11.4 Å². The highest BCUT2D eigenvalue weighted by Gasteiger charge is 2.15. The maximum atomic E-state index is 12.6. The average molecular weight is 461 g/mol. The van der Waals surface area contributed by atoms with Crippen LogP contribution in [0.2, 0.25) is 0 Å². The van der Waals surface area contributed by atoms with Crippen LogP contribution in [0.1, 0.15) is 18.1 Å². The largest absolute Gasteiger partial charge is 0.424 e. The zero-order chi connectivity index (χ0) is 23.2. The first-order valence-electron chi connectivity index (χ1n) is 10.5. The summed E-state index contributed by atoms with van der Waals surface area (Å²) in [7, 11) is 0. The molecule has 2 aromatic carbocycles. The summed E-state index contributed by atoms with van der Waals surface area (Å²) < 4.78 is 7.66. The van der Waals surface area contributed by atoms with E-state index in [0.717, 1.165) is 28.2 Å². The minimum Gasteiger partial charge on any atom is -0.424 e. The fourth-order valence-electron chi connectivity index (χ4n) is 3.28. The van der Waals surface area contributed by atoms with E-state index in [9.17, 15) is 4.79 Å². The van der Waals surface area contributed by atoms with Crippen LogP contribution >= 0.6 is 11.8 Å². The molecule has 0 aliphatic rings. The van der Waals surface area contributed by atoms with E-state index in [1.807, 2.05) is 49.6 Å². The maximum Gasteiger partial charge on any atom is 0.321 e. The summed E-state index contributed by atoms with van der Waals surface area (Å²) in [4.78, 5) is 20.7. The Morgan fingerprint density at radius 1 is 1.06 bits per heavy atom. The van der Waals surface area contributed by atoms with Gasteiger partial charge in [-0.05, 0) is 56.7 Å². The number of hydrogen-bond acceptors (Lipinski definition) is 7. The van der Waals surface area contributed by atoms with E-state index in [4.69, 9.17) is 4.74 Å². The Balaban J connectivity index is 1.39. The summed E-state index contributed by atoms with van der Waals surface area (Å²) in [5, 5.41) is 12.3. The molecule has 0 fully saturated rings. The third-order valence-electron chi connectivity index (χ3n) is 4.86. The SMILES string of the molecule is CCn1c(SCC(=O)Nc2ccc(Oc3ncccn3)cc2C)nnc1-c1cccc(C)c1. The van der Waals surface area contributed by atoms with Crippen molar-refractivity contribution in [2.75, 3.05) is 11.1 Å². The topological polar surface area (TPSA) is 94.8 Å². The first-order valence-corrected chi connectivity index (χ1v) is 11.5. The lowest BCUT2D eigenvalue weighted by Gasteiger charge is -2.11. The molecule has 0 unspecified atom stereocenters. The molecule has 0 spiro atoms. The summed E-state index contributed by atoms with van der Waals surface area (Å²) in [6.45, 7) is 6.71. The zero-order valence-electron chi connectivity index (χ0n) is 18.6. The Morgan fingerprint density at radius 2 is 1.88 bits per heavy atom. The minimum absolute atomic E-state index is 0.120. The van der Waals surface area contributed by atoms with Gasteiger partial charge in [0.15, 0.2) is 11.0 Å². The number of hydrogen-bond donors (Lipinski definition) is 1. The van der Waals surface area contributed by atoms with Crippen LogP contribution in [-0.2, 0) is 11.3 Å². The summed E-state index contributed by atoms with van der Waals surface area (Å²) in [6.07, 6.45) is 3.23. The van der Waals surface area contributed by atoms with E-state index in [1.54, 1.807) is 30.6 Å². The first-order chi connectivity index (χ1) is 16.0. The van der Waals surface area contributed by atoms with Crippen molar-refractivity contribution in [3.8, 4) is 23.1 Å². The highest BCUT2D eigenvalue weighted by atomic mass is 32.2. The summed E-state index contributed by atoms with van der Waals surface area (Å²) in [6, 6.07) is 15.6. The van der Waals surface area contributed by atoms with Crippen LogP contribution in [0.5, 0.6) is 11.8 Å². The summed E-state index contributed by atoms with van der Waals surface area (Å²) in [5.74, 6) is 1.51. The molecular formula is C24H24N6O2S. The molecule has 0 saturated carbocycles. The number of nitrogens with zero attached hydrogens (tertiary/aromatic N) is 5. The molecule has 0 bridgehead atoms.